The third-order valence-electron chi connectivity index (χ3n) is 4.20. The number of nitrogens with one attached hydrogen (secondary N) is 1. The maximum absolute atomic E-state index is 13.0. The Hall–Kier alpha value is -2.63. The smallest absolute Gasteiger partial charge is 0.318 e. The van der Waals surface area contributed by atoms with Gasteiger partial charge in [-0.1, -0.05) is 0 Å². The summed E-state index contributed by atoms with van der Waals surface area (Å²) in [6, 6.07) is 0. The summed E-state index contributed by atoms with van der Waals surface area (Å²) >= 11 is 2.82. The molecule has 0 bridgehead atoms. The van der Waals surface area contributed by atoms with E-state index in [1.54, 1.807) is 17.1 Å². The van der Waals surface area contributed by atoms with Crippen molar-refractivity contribution in [3.05, 3.63) is 45.7 Å². The van der Waals surface area contributed by atoms with Gasteiger partial charge in [0.15, 0.2) is 11.4 Å². The minimum absolute atomic E-state index is 0.344. The van der Waals surface area contributed by atoms with Crippen LogP contribution in [0.15, 0.2) is 23.1 Å². The van der Waals surface area contributed by atoms with Gasteiger partial charge in [-0.3, -0.25) is 18.8 Å². The number of amides is 1. The van der Waals surface area contributed by atoms with Gasteiger partial charge >= 0.3 is 6.18 Å². The lowest BCUT2D eigenvalue weighted by atomic mass is 10.2. The van der Waals surface area contributed by atoms with E-state index >= 15 is 0 Å². The Morgan fingerprint density at radius 2 is 2.00 bits per heavy atom. The standard InChI is InChI=1S/C16H17BrF3N7O/c1-4-27-9(2)10(5-22-27)7-26-8-11(6-21-26)23-15(28)13-12(17)14(16(18,19)20)25(3)24-13/h5-6,8H,4,7H2,1-3H3,(H,23,28). The van der Waals surface area contributed by atoms with Gasteiger partial charge in [-0.25, -0.2) is 0 Å². The molecule has 150 valence electrons. The Kier molecular flexibility index (Phi) is 5.33. The van der Waals surface area contributed by atoms with Crippen LogP contribution in [-0.4, -0.2) is 35.2 Å². The van der Waals surface area contributed by atoms with E-state index in [-0.39, 0.29) is 5.69 Å². The first-order valence-electron chi connectivity index (χ1n) is 8.26. The van der Waals surface area contributed by atoms with Crippen molar-refractivity contribution in [2.45, 2.75) is 33.1 Å². The predicted molar refractivity (Wildman–Crippen MR) is 97.8 cm³/mol. The fourth-order valence-electron chi connectivity index (χ4n) is 2.79. The van der Waals surface area contributed by atoms with Crippen LogP contribution >= 0.6 is 15.9 Å². The quantitative estimate of drug-likeness (QED) is 0.634. The molecule has 0 atom stereocenters. The third-order valence-corrected chi connectivity index (χ3v) is 4.95. The molecule has 12 heteroatoms. The normalized spacial score (nSPS) is 11.8. The Bertz CT molecular complexity index is 1020. The molecular formula is C16H17BrF3N7O. The lowest BCUT2D eigenvalue weighted by Crippen LogP contribution is -2.13. The molecule has 0 aliphatic heterocycles. The molecule has 1 N–H and O–H groups in total. The van der Waals surface area contributed by atoms with Crippen LogP contribution in [0, 0.1) is 6.92 Å². The number of aromatic nitrogens is 6. The van der Waals surface area contributed by atoms with E-state index in [1.807, 2.05) is 18.5 Å². The zero-order valence-corrected chi connectivity index (χ0v) is 16.8. The fraction of sp³-hybridized carbons (Fsp3) is 0.375. The van der Waals surface area contributed by atoms with Gasteiger partial charge in [0, 0.05) is 31.0 Å². The second-order valence-electron chi connectivity index (χ2n) is 6.08. The second-order valence-corrected chi connectivity index (χ2v) is 6.88. The van der Waals surface area contributed by atoms with Crippen LogP contribution in [0.4, 0.5) is 18.9 Å². The number of nitrogens with zero attached hydrogens (tertiary/aromatic N) is 6. The molecule has 8 nitrogen and oxygen atoms in total. The largest absolute Gasteiger partial charge is 0.434 e. The average Bonchev–Trinajstić information content (AvgIpc) is 3.26. The van der Waals surface area contributed by atoms with Crippen LogP contribution in [-0.2, 0) is 26.3 Å². The molecule has 1 amide bonds. The minimum atomic E-state index is -4.63. The van der Waals surface area contributed by atoms with Gasteiger partial charge < -0.3 is 5.32 Å². The Labute approximate surface area is 166 Å². The Balaban J connectivity index is 1.75. The zero-order chi connectivity index (χ0) is 20.6. The molecule has 3 aromatic heterocycles. The fourth-order valence-corrected chi connectivity index (χ4v) is 3.53. The average molecular weight is 460 g/mol. The van der Waals surface area contributed by atoms with Gasteiger partial charge in [0.2, 0.25) is 0 Å². The van der Waals surface area contributed by atoms with E-state index in [0.717, 1.165) is 24.8 Å². The van der Waals surface area contributed by atoms with E-state index < -0.39 is 22.3 Å². The number of rotatable bonds is 5. The van der Waals surface area contributed by atoms with Crippen molar-refractivity contribution in [1.82, 2.24) is 29.3 Å². The summed E-state index contributed by atoms with van der Waals surface area (Å²) in [5, 5.41) is 14.6. The van der Waals surface area contributed by atoms with Crippen LogP contribution in [0.2, 0.25) is 0 Å². The Morgan fingerprint density at radius 1 is 1.29 bits per heavy atom. The van der Waals surface area contributed by atoms with Crippen LogP contribution < -0.4 is 5.32 Å². The number of carbonyl (C=O) groups excluding carboxylic acids is 1. The molecule has 0 fully saturated rings. The second kappa shape index (κ2) is 7.41. The summed E-state index contributed by atoms with van der Waals surface area (Å²) in [7, 11) is 1.13. The highest BCUT2D eigenvalue weighted by atomic mass is 79.9. The summed E-state index contributed by atoms with van der Waals surface area (Å²) in [5.41, 5.74) is 0.946. The van der Waals surface area contributed by atoms with E-state index in [9.17, 15) is 18.0 Å². The molecule has 0 aliphatic carbocycles. The summed E-state index contributed by atoms with van der Waals surface area (Å²) in [4.78, 5) is 12.4. The van der Waals surface area contributed by atoms with Gasteiger partial charge in [-0.2, -0.15) is 28.5 Å². The van der Waals surface area contributed by atoms with Gasteiger partial charge in [-0.05, 0) is 29.8 Å². The van der Waals surface area contributed by atoms with Crippen LogP contribution in [0.3, 0.4) is 0 Å². The minimum Gasteiger partial charge on any atom is -0.318 e. The SMILES string of the molecule is CCn1ncc(Cn2cc(NC(=O)c3nn(C)c(C(F)(F)F)c3Br)cn2)c1C. The number of anilines is 1. The molecule has 0 saturated carbocycles. The number of carbonyl (C=O) groups is 1. The third kappa shape index (κ3) is 3.81. The molecule has 3 heterocycles. The first kappa shape index (κ1) is 20.1. The van der Waals surface area contributed by atoms with Crippen molar-refractivity contribution >= 4 is 27.5 Å². The molecule has 0 saturated heterocycles. The van der Waals surface area contributed by atoms with Crippen LogP contribution in [0.1, 0.15) is 34.4 Å². The number of halogens is 4. The summed E-state index contributed by atoms with van der Waals surface area (Å²) in [6.07, 6.45) is 0.119. The monoisotopic (exact) mass is 459 g/mol. The van der Waals surface area contributed by atoms with Crippen molar-refractivity contribution in [2.24, 2.45) is 7.05 Å². The maximum atomic E-state index is 13.0. The number of hydrogen-bond acceptors (Lipinski definition) is 4. The van der Waals surface area contributed by atoms with Gasteiger partial charge in [0.25, 0.3) is 5.91 Å². The molecule has 28 heavy (non-hydrogen) atoms. The van der Waals surface area contributed by atoms with Crippen molar-refractivity contribution in [1.29, 1.82) is 0 Å². The van der Waals surface area contributed by atoms with E-state index in [2.05, 4.69) is 36.5 Å². The maximum Gasteiger partial charge on any atom is 0.434 e. The summed E-state index contributed by atoms with van der Waals surface area (Å²) < 4.78 is 42.8. The van der Waals surface area contributed by atoms with E-state index in [1.165, 1.54) is 6.20 Å². The van der Waals surface area contributed by atoms with E-state index in [0.29, 0.717) is 16.9 Å². The first-order valence-corrected chi connectivity index (χ1v) is 9.05. The van der Waals surface area contributed by atoms with Crippen molar-refractivity contribution in [3.8, 4) is 0 Å². The van der Waals surface area contributed by atoms with Gasteiger partial charge in [0.05, 0.1) is 29.1 Å². The molecule has 0 aromatic carbocycles. The number of hydrogen-bond donors (Lipinski definition) is 1. The molecular weight excluding hydrogens is 443 g/mol. The van der Waals surface area contributed by atoms with Gasteiger partial charge in [-0.15, -0.1) is 0 Å². The highest BCUT2D eigenvalue weighted by Gasteiger charge is 2.39. The number of aryl methyl sites for hydroxylation is 2. The topological polar surface area (TPSA) is 82.6 Å². The van der Waals surface area contributed by atoms with Crippen molar-refractivity contribution < 1.29 is 18.0 Å². The molecule has 0 unspecified atom stereocenters. The van der Waals surface area contributed by atoms with E-state index in [4.69, 9.17) is 0 Å². The van der Waals surface area contributed by atoms with Crippen LogP contribution in [0.5, 0.6) is 0 Å². The molecule has 0 spiro atoms. The summed E-state index contributed by atoms with van der Waals surface area (Å²) in [6.45, 7) is 5.15. The lowest BCUT2D eigenvalue weighted by Gasteiger charge is -2.06. The number of alkyl halides is 3. The van der Waals surface area contributed by atoms with Crippen molar-refractivity contribution in [3.63, 3.8) is 0 Å². The molecule has 3 rings (SSSR count). The summed E-state index contributed by atoms with van der Waals surface area (Å²) in [5.74, 6) is -0.771. The van der Waals surface area contributed by atoms with Gasteiger partial charge in [0.1, 0.15) is 0 Å². The lowest BCUT2D eigenvalue weighted by molar-refractivity contribution is -0.144. The first-order chi connectivity index (χ1) is 13.1. The zero-order valence-electron chi connectivity index (χ0n) is 15.2. The molecule has 0 aliphatic rings. The highest BCUT2D eigenvalue weighted by molar-refractivity contribution is 9.10. The van der Waals surface area contributed by atoms with Crippen LogP contribution in [0.25, 0.3) is 0 Å². The Morgan fingerprint density at radius 3 is 2.57 bits per heavy atom. The molecule has 3 aromatic rings. The molecule has 0 radical (unpaired) electrons. The highest BCUT2D eigenvalue weighted by Crippen LogP contribution is 2.36. The van der Waals surface area contributed by atoms with Crippen molar-refractivity contribution in [2.75, 3.05) is 5.32 Å². The predicted octanol–water partition coefficient (Wildman–Crippen LogP) is 3.22.